The molecule has 1 aliphatic rings. The van der Waals surface area contributed by atoms with Gasteiger partial charge in [-0.2, -0.15) is 0 Å². The van der Waals surface area contributed by atoms with Crippen LogP contribution < -0.4 is 21.3 Å². The summed E-state index contributed by atoms with van der Waals surface area (Å²) in [5, 5.41) is 14.1. The number of aromatic nitrogens is 2. The van der Waals surface area contributed by atoms with Crippen molar-refractivity contribution in [1.82, 2.24) is 36.1 Å². The fraction of sp³-hybridized carbons (Fsp3) is 0.545. The Labute approximate surface area is 174 Å². The highest BCUT2D eigenvalue weighted by Gasteiger charge is 2.06. The summed E-state index contributed by atoms with van der Waals surface area (Å²) in [6.07, 6.45) is 2.97. The summed E-state index contributed by atoms with van der Waals surface area (Å²) in [5.41, 5.74) is 3.34. The average molecular weight is 398 g/mol. The van der Waals surface area contributed by atoms with E-state index in [2.05, 4.69) is 60.4 Å². The summed E-state index contributed by atoms with van der Waals surface area (Å²) in [6.45, 7) is 10.8. The topological polar surface area (TPSA) is 77.1 Å². The van der Waals surface area contributed by atoms with Crippen molar-refractivity contribution in [2.24, 2.45) is 0 Å². The first-order valence-electron chi connectivity index (χ1n) is 10.8. The van der Waals surface area contributed by atoms with Crippen LogP contribution in [-0.2, 0) is 19.6 Å². The van der Waals surface area contributed by atoms with Gasteiger partial charge in [0.25, 0.3) is 0 Å². The van der Waals surface area contributed by atoms with Crippen LogP contribution in [0.3, 0.4) is 0 Å². The monoisotopic (exact) mass is 397 g/mol. The summed E-state index contributed by atoms with van der Waals surface area (Å²) in [4.78, 5) is 11.5. The van der Waals surface area contributed by atoms with Crippen molar-refractivity contribution in [3.8, 4) is 0 Å². The van der Waals surface area contributed by atoms with E-state index in [0.717, 1.165) is 95.5 Å². The van der Waals surface area contributed by atoms with E-state index in [1.54, 1.807) is 0 Å². The van der Waals surface area contributed by atoms with Crippen LogP contribution >= 0.6 is 0 Å². The molecule has 0 aromatic carbocycles. The number of hydrogen-bond acceptors (Lipinski definition) is 7. The molecule has 2 bridgehead atoms. The molecule has 0 aliphatic carbocycles. The van der Waals surface area contributed by atoms with E-state index in [9.17, 15) is 0 Å². The zero-order valence-electron chi connectivity index (χ0n) is 17.4. The molecule has 1 aliphatic heterocycles. The van der Waals surface area contributed by atoms with Crippen molar-refractivity contribution in [3.63, 3.8) is 0 Å². The predicted octanol–water partition coefficient (Wildman–Crippen LogP) is 0.741. The zero-order valence-corrected chi connectivity index (χ0v) is 17.4. The van der Waals surface area contributed by atoms with Crippen LogP contribution in [0.15, 0.2) is 42.6 Å². The Morgan fingerprint density at radius 2 is 1.62 bits per heavy atom. The Morgan fingerprint density at radius 1 is 0.862 bits per heavy atom. The van der Waals surface area contributed by atoms with Gasteiger partial charge in [-0.05, 0) is 43.8 Å². The molecule has 4 N–H and O–H groups in total. The number of nitrogens with zero attached hydrogens (tertiary/aromatic N) is 3. The third-order valence-corrected chi connectivity index (χ3v) is 5.03. The van der Waals surface area contributed by atoms with Gasteiger partial charge in [0, 0.05) is 65.1 Å². The summed E-state index contributed by atoms with van der Waals surface area (Å²) < 4.78 is 0. The molecule has 7 nitrogen and oxygen atoms in total. The van der Waals surface area contributed by atoms with Crippen molar-refractivity contribution in [3.05, 3.63) is 59.7 Å². The highest BCUT2D eigenvalue weighted by atomic mass is 15.2. The quantitative estimate of drug-likeness (QED) is 0.465. The molecule has 3 heterocycles. The highest BCUT2D eigenvalue weighted by molar-refractivity contribution is 5.11. The Kier molecular flexibility index (Phi) is 10.0. The van der Waals surface area contributed by atoms with Crippen molar-refractivity contribution in [2.75, 3.05) is 52.4 Å². The number of pyridine rings is 2. The molecule has 2 aromatic rings. The van der Waals surface area contributed by atoms with E-state index in [0.29, 0.717) is 0 Å². The molecule has 0 radical (unpaired) electrons. The summed E-state index contributed by atoms with van der Waals surface area (Å²) >= 11 is 0. The molecular formula is C22H35N7. The van der Waals surface area contributed by atoms with Crippen LogP contribution in [0, 0.1) is 0 Å². The SMILES string of the molecule is c1ccc(CNCCCNCCN2CCNCc3cccc(n3)CNCC2)nc1. The maximum absolute atomic E-state index is 4.68. The lowest BCUT2D eigenvalue weighted by molar-refractivity contribution is 0.270. The van der Waals surface area contributed by atoms with Gasteiger partial charge in [0.05, 0.1) is 17.1 Å². The molecule has 0 saturated carbocycles. The van der Waals surface area contributed by atoms with Crippen molar-refractivity contribution in [2.45, 2.75) is 26.1 Å². The van der Waals surface area contributed by atoms with Gasteiger partial charge in [-0.15, -0.1) is 0 Å². The Balaban J connectivity index is 1.25. The molecule has 29 heavy (non-hydrogen) atoms. The van der Waals surface area contributed by atoms with E-state index >= 15 is 0 Å². The van der Waals surface area contributed by atoms with E-state index in [1.807, 2.05) is 18.3 Å². The first-order chi connectivity index (χ1) is 14.4. The van der Waals surface area contributed by atoms with Crippen LogP contribution in [0.1, 0.15) is 23.5 Å². The minimum absolute atomic E-state index is 0.839. The lowest BCUT2D eigenvalue weighted by atomic mass is 10.3. The second kappa shape index (κ2) is 13.3. The maximum Gasteiger partial charge on any atom is 0.0545 e. The number of fused-ring (bicyclic) bond motifs is 2. The molecule has 0 saturated heterocycles. The Bertz CT molecular complexity index is 653. The highest BCUT2D eigenvalue weighted by Crippen LogP contribution is 2.00. The molecule has 2 aromatic heterocycles. The largest absolute Gasteiger partial charge is 0.315 e. The third-order valence-electron chi connectivity index (χ3n) is 5.03. The fourth-order valence-electron chi connectivity index (χ4n) is 3.39. The van der Waals surface area contributed by atoms with Gasteiger partial charge in [-0.25, -0.2) is 0 Å². The molecule has 0 spiro atoms. The van der Waals surface area contributed by atoms with Crippen LogP contribution in [-0.4, -0.2) is 67.2 Å². The third kappa shape index (κ3) is 8.97. The first-order valence-corrected chi connectivity index (χ1v) is 10.8. The lowest BCUT2D eigenvalue weighted by Gasteiger charge is -2.23. The molecule has 7 heteroatoms. The van der Waals surface area contributed by atoms with Crippen LogP contribution in [0.5, 0.6) is 0 Å². The fourth-order valence-corrected chi connectivity index (χ4v) is 3.39. The van der Waals surface area contributed by atoms with Crippen LogP contribution in [0.2, 0.25) is 0 Å². The average Bonchev–Trinajstić information content (AvgIpc) is 2.75. The molecule has 0 fully saturated rings. The van der Waals surface area contributed by atoms with E-state index in [1.165, 1.54) is 0 Å². The molecule has 0 amide bonds. The van der Waals surface area contributed by atoms with Crippen LogP contribution in [0.25, 0.3) is 0 Å². The van der Waals surface area contributed by atoms with Gasteiger partial charge in [0.15, 0.2) is 0 Å². The number of rotatable bonds is 9. The normalized spacial score (nSPS) is 16.1. The van der Waals surface area contributed by atoms with Crippen molar-refractivity contribution >= 4 is 0 Å². The van der Waals surface area contributed by atoms with Gasteiger partial charge in [-0.1, -0.05) is 12.1 Å². The molecule has 0 atom stereocenters. The zero-order chi connectivity index (χ0) is 20.0. The maximum atomic E-state index is 4.68. The molecule has 0 unspecified atom stereocenters. The number of nitrogens with one attached hydrogen (secondary N) is 4. The van der Waals surface area contributed by atoms with Gasteiger partial charge in [-0.3, -0.25) is 14.9 Å². The van der Waals surface area contributed by atoms with Gasteiger partial charge in [0.2, 0.25) is 0 Å². The van der Waals surface area contributed by atoms with E-state index < -0.39 is 0 Å². The Morgan fingerprint density at radius 3 is 2.34 bits per heavy atom. The summed E-state index contributed by atoms with van der Waals surface area (Å²) in [7, 11) is 0. The molecule has 3 rings (SSSR count). The lowest BCUT2D eigenvalue weighted by Crippen LogP contribution is -2.41. The van der Waals surface area contributed by atoms with E-state index in [4.69, 9.17) is 0 Å². The summed E-state index contributed by atoms with van der Waals surface area (Å²) in [6, 6.07) is 12.3. The van der Waals surface area contributed by atoms with Crippen molar-refractivity contribution < 1.29 is 0 Å². The van der Waals surface area contributed by atoms with E-state index in [-0.39, 0.29) is 0 Å². The predicted molar refractivity (Wildman–Crippen MR) is 118 cm³/mol. The van der Waals surface area contributed by atoms with Crippen molar-refractivity contribution in [1.29, 1.82) is 0 Å². The molecular weight excluding hydrogens is 362 g/mol. The standard InChI is InChI=1S/C22H35N7/c1-2-10-27-20(5-1)17-24-9-4-8-23-11-14-29-15-12-25-18-21-6-3-7-22(28-21)19-26-13-16-29/h1-3,5-7,10,23-26H,4,8-9,11-19H2. The summed E-state index contributed by atoms with van der Waals surface area (Å²) in [5.74, 6) is 0. The minimum Gasteiger partial charge on any atom is -0.315 e. The smallest absolute Gasteiger partial charge is 0.0545 e. The van der Waals surface area contributed by atoms with Crippen LogP contribution in [0.4, 0.5) is 0 Å². The minimum atomic E-state index is 0.839. The van der Waals surface area contributed by atoms with Gasteiger partial charge >= 0.3 is 0 Å². The second-order valence-electron chi connectivity index (χ2n) is 7.42. The van der Waals surface area contributed by atoms with Gasteiger partial charge in [0.1, 0.15) is 0 Å². The number of hydrogen-bond donors (Lipinski definition) is 4. The first kappa shape index (κ1) is 21.8. The Hall–Kier alpha value is -1.90. The second-order valence-corrected chi connectivity index (χ2v) is 7.42. The molecule has 158 valence electrons. The van der Waals surface area contributed by atoms with Gasteiger partial charge < -0.3 is 21.3 Å².